The molecule has 6 heteroatoms. The molecule has 1 aliphatic heterocycles. The second kappa shape index (κ2) is 7.23. The standard InChI is InChI=1S/C15H19Cl2NO2S/c1-15(14(19)20)5-2-6-18(10-15)7-8-21-13-9-11(16)3-4-12(13)17/h3-4,9H,2,5-8,10H2,1H3,(H,19,20). The van der Waals surface area contributed by atoms with Gasteiger partial charge in [-0.25, -0.2) is 0 Å². The van der Waals surface area contributed by atoms with Crippen LogP contribution in [0.1, 0.15) is 19.8 Å². The maximum Gasteiger partial charge on any atom is 0.310 e. The van der Waals surface area contributed by atoms with Crippen LogP contribution in [0.2, 0.25) is 10.0 Å². The molecule has 1 unspecified atom stereocenters. The number of rotatable bonds is 5. The first kappa shape index (κ1) is 16.9. The van der Waals surface area contributed by atoms with E-state index in [-0.39, 0.29) is 0 Å². The van der Waals surface area contributed by atoms with E-state index in [1.54, 1.807) is 23.9 Å². The lowest BCUT2D eigenvalue weighted by molar-refractivity contribution is -0.151. The zero-order chi connectivity index (χ0) is 15.5. The number of halogens is 2. The van der Waals surface area contributed by atoms with Crippen molar-refractivity contribution in [2.45, 2.75) is 24.7 Å². The summed E-state index contributed by atoms with van der Waals surface area (Å²) in [5, 5.41) is 10.7. The largest absolute Gasteiger partial charge is 0.481 e. The van der Waals surface area contributed by atoms with Crippen molar-refractivity contribution in [2.75, 3.05) is 25.4 Å². The first-order chi connectivity index (χ1) is 9.90. The third-order valence-corrected chi connectivity index (χ3v) is 5.56. The Morgan fingerprint density at radius 3 is 2.95 bits per heavy atom. The summed E-state index contributed by atoms with van der Waals surface area (Å²) in [7, 11) is 0. The lowest BCUT2D eigenvalue weighted by atomic mass is 9.82. The molecule has 0 spiro atoms. The van der Waals surface area contributed by atoms with E-state index in [2.05, 4.69) is 4.90 Å². The second-order valence-corrected chi connectivity index (χ2v) is 7.65. The zero-order valence-corrected chi connectivity index (χ0v) is 14.3. The number of hydrogen-bond acceptors (Lipinski definition) is 3. The predicted molar refractivity (Wildman–Crippen MR) is 88.6 cm³/mol. The fourth-order valence-corrected chi connectivity index (χ4v) is 4.09. The predicted octanol–water partition coefficient (Wildman–Crippen LogP) is 4.27. The van der Waals surface area contributed by atoms with Crippen LogP contribution in [0.25, 0.3) is 0 Å². The Morgan fingerprint density at radius 2 is 2.24 bits per heavy atom. The van der Waals surface area contributed by atoms with E-state index in [1.165, 1.54) is 0 Å². The minimum Gasteiger partial charge on any atom is -0.481 e. The molecule has 21 heavy (non-hydrogen) atoms. The normalized spacial score (nSPS) is 23.2. The first-order valence-corrected chi connectivity index (χ1v) is 8.68. The smallest absolute Gasteiger partial charge is 0.310 e. The molecule has 1 N–H and O–H groups in total. The molecule has 0 aromatic heterocycles. The topological polar surface area (TPSA) is 40.5 Å². The third kappa shape index (κ3) is 4.52. The van der Waals surface area contributed by atoms with Gasteiger partial charge in [0.25, 0.3) is 0 Å². The molecule has 116 valence electrons. The van der Waals surface area contributed by atoms with Crippen molar-refractivity contribution in [3.63, 3.8) is 0 Å². The van der Waals surface area contributed by atoms with Gasteiger partial charge in [-0.2, -0.15) is 0 Å². The quantitative estimate of drug-likeness (QED) is 0.807. The van der Waals surface area contributed by atoms with Crippen LogP contribution < -0.4 is 0 Å². The molecule has 0 radical (unpaired) electrons. The van der Waals surface area contributed by atoms with Gasteiger partial charge in [-0.3, -0.25) is 4.79 Å². The number of thioether (sulfide) groups is 1. The van der Waals surface area contributed by atoms with Crippen LogP contribution >= 0.6 is 35.0 Å². The SMILES string of the molecule is CC1(C(=O)O)CCCN(CCSc2cc(Cl)ccc2Cl)C1. The molecule has 3 nitrogen and oxygen atoms in total. The van der Waals surface area contributed by atoms with Crippen LogP contribution in [-0.2, 0) is 4.79 Å². The second-order valence-electron chi connectivity index (χ2n) is 5.67. The number of piperidine rings is 1. The summed E-state index contributed by atoms with van der Waals surface area (Å²) < 4.78 is 0. The van der Waals surface area contributed by atoms with E-state index in [4.69, 9.17) is 23.2 Å². The average Bonchev–Trinajstić information content (AvgIpc) is 2.43. The molecule has 0 amide bonds. The molecule has 0 saturated carbocycles. The molecule has 1 heterocycles. The molecule has 1 atom stereocenters. The van der Waals surface area contributed by atoms with Crippen LogP contribution in [0.4, 0.5) is 0 Å². The summed E-state index contributed by atoms with van der Waals surface area (Å²) in [6.07, 6.45) is 1.69. The van der Waals surface area contributed by atoms with Crippen molar-refractivity contribution >= 4 is 40.9 Å². The summed E-state index contributed by atoms with van der Waals surface area (Å²) in [6.45, 7) is 4.28. The summed E-state index contributed by atoms with van der Waals surface area (Å²) in [5.41, 5.74) is -0.614. The number of carboxylic acids is 1. The van der Waals surface area contributed by atoms with Gasteiger partial charge in [0.15, 0.2) is 0 Å². The summed E-state index contributed by atoms with van der Waals surface area (Å²) in [4.78, 5) is 14.5. The maximum atomic E-state index is 11.3. The Balaban J connectivity index is 1.86. The van der Waals surface area contributed by atoms with Crippen LogP contribution in [0.15, 0.2) is 23.1 Å². The van der Waals surface area contributed by atoms with E-state index < -0.39 is 11.4 Å². The molecular formula is C15H19Cl2NO2S. The number of carboxylic acid groups (broad SMARTS) is 1. The molecule has 1 aromatic carbocycles. The number of nitrogens with zero attached hydrogens (tertiary/aromatic N) is 1. The van der Waals surface area contributed by atoms with Crippen molar-refractivity contribution < 1.29 is 9.90 Å². The lowest BCUT2D eigenvalue weighted by Crippen LogP contribution is -2.46. The minimum atomic E-state index is -0.697. The summed E-state index contributed by atoms with van der Waals surface area (Å²) >= 11 is 13.8. The van der Waals surface area contributed by atoms with Crippen LogP contribution in [0, 0.1) is 5.41 Å². The lowest BCUT2D eigenvalue weighted by Gasteiger charge is -2.37. The zero-order valence-electron chi connectivity index (χ0n) is 11.9. The number of carbonyl (C=O) groups is 1. The monoisotopic (exact) mass is 347 g/mol. The highest BCUT2D eigenvalue weighted by atomic mass is 35.5. The minimum absolute atomic E-state index is 0.614. The van der Waals surface area contributed by atoms with Gasteiger partial charge in [-0.1, -0.05) is 23.2 Å². The fraction of sp³-hybridized carbons (Fsp3) is 0.533. The van der Waals surface area contributed by atoms with E-state index in [0.29, 0.717) is 16.6 Å². The van der Waals surface area contributed by atoms with E-state index in [0.717, 1.165) is 36.6 Å². The van der Waals surface area contributed by atoms with Crippen molar-refractivity contribution in [3.8, 4) is 0 Å². The van der Waals surface area contributed by atoms with Crippen molar-refractivity contribution in [1.29, 1.82) is 0 Å². The van der Waals surface area contributed by atoms with Crippen molar-refractivity contribution in [2.24, 2.45) is 5.41 Å². The van der Waals surface area contributed by atoms with Gasteiger partial charge >= 0.3 is 5.97 Å². The Bertz CT molecular complexity index is 526. The highest BCUT2D eigenvalue weighted by Gasteiger charge is 2.37. The summed E-state index contributed by atoms with van der Waals surface area (Å²) in [6, 6.07) is 5.44. The summed E-state index contributed by atoms with van der Waals surface area (Å²) in [5.74, 6) is 0.174. The average molecular weight is 348 g/mol. The van der Waals surface area contributed by atoms with Gasteiger partial charge in [0, 0.05) is 28.8 Å². The Kier molecular flexibility index (Phi) is 5.83. The molecule has 2 rings (SSSR count). The van der Waals surface area contributed by atoms with Crippen LogP contribution in [0.5, 0.6) is 0 Å². The van der Waals surface area contributed by atoms with E-state index in [9.17, 15) is 9.90 Å². The van der Waals surface area contributed by atoms with Crippen LogP contribution in [0.3, 0.4) is 0 Å². The van der Waals surface area contributed by atoms with E-state index >= 15 is 0 Å². The molecule has 1 fully saturated rings. The molecule has 1 saturated heterocycles. The maximum absolute atomic E-state index is 11.3. The van der Waals surface area contributed by atoms with E-state index in [1.807, 2.05) is 13.0 Å². The molecule has 1 aliphatic rings. The first-order valence-electron chi connectivity index (χ1n) is 6.94. The van der Waals surface area contributed by atoms with Gasteiger partial charge in [0.2, 0.25) is 0 Å². The Labute approximate surface area is 139 Å². The number of likely N-dealkylation sites (tertiary alicyclic amines) is 1. The molecule has 0 aliphatic carbocycles. The van der Waals surface area contributed by atoms with Crippen molar-refractivity contribution in [3.05, 3.63) is 28.2 Å². The molecular weight excluding hydrogens is 329 g/mol. The van der Waals surface area contributed by atoms with Gasteiger partial charge in [-0.15, -0.1) is 11.8 Å². The molecule has 0 bridgehead atoms. The van der Waals surface area contributed by atoms with Crippen LogP contribution in [-0.4, -0.2) is 41.4 Å². The Morgan fingerprint density at radius 1 is 1.48 bits per heavy atom. The van der Waals surface area contributed by atoms with Gasteiger partial charge in [0.1, 0.15) is 0 Å². The van der Waals surface area contributed by atoms with Gasteiger partial charge in [0.05, 0.1) is 10.4 Å². The highest BCUT2D eigenvalue weighted by Crippen LogP contribution is 2.32. The Hall–Kier alpha value is -0.420. The van der Waals surface area contributed by atoms with Gasteiger partial charge < -0.3 is 10.0 Å². The fourth-order valence-electron chi connectivity index (χ4n) is 2.58. The molecule has 1 aromatic rings. The third-order valence-electron chi connectivity index (χ3n) is 3.85. The number of aliphatic carboxylic acids is 1. The van der Waals surface area contributed by atoms with Gasteiger partial charge in [-0.05, 0) is 44.5 Å². The number of benzene rings is 1. The van der Waals surface area contributed by atoms with Crippen molar-refractivity contribution in [1.82, 2.24) is 4.90 Å². The number of hydrogen-bond donors (Lipinski definition) is 1. The highest BCUT2D eigenvalue weighted by molar-refractivity contribution is 7.99.